The molecule has 0 radical (unpaired) electrons. The normalized spacial score (nSPS) is 28.1. The summed E-state index contributed by atoms with van der Waals surface area (Å²) in [6.45, 7) is 1.01. The molecule has 10 nitrogen and oxygen atoms in total. The lowest BCUT2D eigenvalue weighted by molar-refractivity contribution is -0.345. The smallest absolute Gasteiger partial charge is 0.187 e. The summed E-state index contributed by atoms with van der Waals surface area (Å²) < 4.78 is 49.8. The van der Waals surface area contributed by atoms with Gasteiger partial charge in [-0.05, 0) is 22.3 Å². The summed E-state index contributed by atoms with van der Waals surface area (Å²) in [5.74, 6) is 0. The Morgan fingerprint density at radius 1 is 0.620 bits per heavy atom. The summed E-state index contributed by atoms with van der Waals surface area (Å²) in [7, 11) is 1.52. The summed E-state index contributed by atoms with van der Waals surface area (Å²) in [5, 5.41) is 22.7. The molecular weight excluding hydrogens is 640 g/mol. The molecule has 0 aliphatic carbocycles. The van der Waals surface area contributed by atoms with E-state index in [-0.39, 0.29) is 39.6 Å². The molecule has 4 aromatic rings. The molecule has 50 heavy (non-hydrogen) atoms. The van der Waals surface area contributed by atoms with Crippen molar-refractivity contribution in [3.8, 4) is 0 Å². The van der Waals surface area contributed by atoms with Crippen LogP contribution in [0.15, 0.2) is 121 Å². The second-order valence-corrected chi connectivity index (χ2v) is 12.6. The van der Waals surface area contributed by atoms with Crippen molar-refractivity contribution < 1.29 is 48.1 Å². The molecule has 4 aromatic carbocycles. The van der Waals surface area contributed by atoms with Crippen LogP contribution in [0.4, 0.5) is 0 Å². The third-order valence-electron chi connectivity index (χ3n) is 8.85. The van der Waals surface area contributed by atoms with Crippen molar-refractivity contribution in [3.05, 3.63) is 144 Å². The lowest BCUT2D eigenvalue weighted by atomic mass is 9.97. The zero-order valence-electron chi connectivity index (χ0n) is 28.2. The lowest BCUT2D eigenvalue weighted by Crippen LogP contribution is -2.63. The van der Waals surface area contributed by atoms with Crippen LogP contribution in [-0.2, 0) is 64.3 Å². The first-order valence-electron chi connectivity index (χ1n) is 16.9. The molecule has 0 saturated carbocycles. The van der Waals surface area contributed by atoms with E-state index < -0.39 is 48.7 Å². The van der Waals surface area contributed by atoms with E-state index >= 15 is 0 Å². The standard InChI is InChI=1S/C40H46O10/c1-43-38-36(50-39-37(41)40(42,28-48-39)27-45-23-30-16-8-3-9-17-30)35(47-25-32-20-12-5-13-21-32)34(46-24-31-18-10-4-11-19-31)33(49-38)26-44-22-29-14-6-2-7-15-29/h2-21,33-39,41-42H,22-28H2,1H3/t33-,34-,35+,36-,37+,38-,39+,40-/m1/s1. The van der Waals surface area contributed by atoms with Crippen LogP contribution in [0.2, 0.25) is 0 Å². The molecule has 2 aliphatic heterocycles. The molecule has 2 fully saturated rings. The lowest BCUT2D eigenvalue weighted by Gasteiger charge is -2.46. The Balaban J connectivity index is 1.21. The SMILES string of the molecule is CO[C@@H]1O[C@H](COCc2ccccc2)[C@@H](OCc2ccccc2)[C@H](OCc2ccccc2)[C@H]1O[C@@H]1OC[C@](O)(COCc2ccccc2)[C@H]1O. The maximum absolute atomic E-state index is 11.4. The molecule has 2 aliphatic rings. The highest BCUT2D eigenvalue weighted by molar-refractivity contribution is 5.16. The number of ether oxygens (including phenoxy) is 8. The Hall–Kier alpha value is -3.52. The van der Waals surface area contributed by atoms with Gasteiger partial charge in [-0.1, -0.05) is 121 Å². The zero-order valence-corrected chi connectivity index (χ0v) is 28.2. The molecular formula is C40H46O10. The van der Waals surface area contributed by atoms with Crippen LogP contribution in [-0.4, -0.2) is 85.8 Å². The van der Waals surface area contributed by atoms with Gasteiger partial charge < -0.3 is 48.1 Å². The zero-order chi connectivity index (χ0) is 34.6. The summed E-state index contributed by atoms with van der Waals surface area (Å²) in [6, 6.07) is 39.1. The number of hydrogen-bond donors (Lipinski definition) is 2. The van der Waals surface area contributed by atoms with E-state index in [0.717, 1.165) is 22.3 Å². The highest BCUT2D eigenvalue weighted by atomic mass is 16.8. The van der Waals surface area contributed by atoms with Crippen molar-refractivity contribution in [2.45, 2.75) is 75.1 Å². The van der Waals surface area contributed by atoms with Crippen LogP contribution in [0.3, 0.4) is 0 Å². The summed E-state index contributed by atoms with van der Waals surface area (Å²) in [6.07, 6.45) is -6.58. The molecule has 8 atom stereocenters. The van der Waals surface area contributed by atoms with Crippen LogP contribution < -0.4 is 0 Å². The number of rotatable bonds is 17. The van der Waals surface area contributed by atoms with Crippen molar-refractivity contribution in [2.24, 2.45) is 0 Å². The highest BCUT2D eigenvalue weighted by Crippen LogP contribution is 2.35. The third kappa shape index (κ3) is 9.62. The van der Waals surface area contributed by atoms with Crippen molar-refractivity contribution in [2.75, 3.05) is 26.9 Å². The van der Waals surface area contributed by atoms with Crippen molar-refractivity contribution in [1.82, 2.24) is 0 Å². The quantitative estimate of drug-likeness (QED) is 0.161. The third-order valence-corrected chi connectivity index (χ3v) is 8.85. The largest absolute Gasteiger partial charge is 0.385 e. The van der Waals surface area contributed by atoms with Gasteiger partial charge in [0.25, 0.3) is 0 Å². The molecule has 10 heteroatoms. The Morgan fingerprint density at radius 2 is 1.10 bits per heavy atom. The molecule has 2 heterocycles. The first kappa shape index (κ1) is 36.3. The van der Waals surface area contributed by atoms with Crippen LogP contribution in [0.25, 0.3) is 0 Å². The first-order valence-corrected chi connectivity index (χ1v) is 16.9. The first-order chi connectivity index (χ1) is 24.5. The van der Waals surface area contributed by atoms with E-state index in [4.69, 9.17) is 37.9 Å². The van der Waals surface area contributed by atoms with Gasteiger partial charge in [-0.25, -0.2) is 0 Å². The molecule has 2 saturated heterocycles. The van der Waals surface area contributed by atoms with Crippen LogP contribution in [0, 0.1) is 0 Å². The second kappa shape index (κ2) is 18.1. The average Bonchev–Trinajstić information content (AvgIpc) is 3.44. The Kier molecular flexibility index (Phi) is 13.1. The van der Waals surface area contributed by atoms with E-state index in [2.05, 4.69) is 0 Å². The van der Waals surface area contributed by atoms with Crippen LogP contribution in [0.1, 0.15) is 22.3 Å². The summed E-state index contributed by atoms with van der Waals surface area (Å²) >= 11 is 0. The van der Waals surface area contributed by atoms with E-state index in [1.165, 1.54) is 7.11 Å². The molecule has 6 rings (SSSR count). The van der Waals surface area contributed by atoms with Crippen LogP contribution in [0.5, 0.6) is 0 Å². The van der Waals surface area contributed by atoms with Crippen molar-refractivity contribution >= 4 is 0 Å². The number of benzene rings is 4. The number of aliphatic hydroxyl groups is 2. The minimum Gasteiger partial charge on any atom is -0.385 e. The molecule has 0 spiro atoms. The number of methoxy groups -OCH3 is 1. The van der Waals surface area contributed by atoms with Gasteiger partial charge in [0.15, 0.2) is 12.6 Å². The molecule has 0 unspecified atom stereocenters. The minimum atomic E-state index is -1.70. The molecule has 0 amide bonds. The topological polar surface area (TPSA) is 114 Å². The number of aliphatic hydroxyl groups excluding tert-OH is 1. The van der Waals surface area contributed by atoms with Gasteiger partial charge in [0.1, 0.15) is 36.1 Å². The summed E-state index contributed by atoms with van der Waals surface area (Å²) in [5.41, 5.74) is 2.20. The highest BCUT2D eigenvalue weighted by Gasteiger charge is 2.54. The van der Waals surface area contributed by atoms with Gasteiger partial charge in [0.2, 0.25) is 0 Å². The van der Waals surface area contributed by atoms with Crippen molar-refractivity contribution in [3.63, 3.8) is 0 Å². The average molecular weight is 687 g/mol. The van der Waals surface area contributed by atoms with Gasteiger partial charge in [0.05, 0.1) is 46.2 Å². The predicted molar refractivity (Wildman–Crippen MR) is 183 cm³/mol. The van der Waals surface area contributed by atoms with E-state index in [1.807, 2.05) is 121 Å². The fraction of sp³-hybridized carbons (Fsp3) is 0.400. The predicted octanol–water partition coefficient (Wildman–Crippen LogP) is 4.80. The van der Waals surface area contributed by atoms with E-state index in [0.29, 0.717) is 6.61 Å². The fourth-order valence-electron chi connectivity index (χ4n) is 6.11. The number of hydrogen-bond acceptors (Lipinski definition) is 10. The van der Waals surface area contributed by atoms with Gasteiger partial charge in [0, 0.05) is 7.11 Å². The van der Waals surface area contributed by atoms with Gasteiger partial charge in [-0.3, -0.25) is 0 Å². The molecule has 0 bridgehead atoms. The maximum atomic E-state index is 11.4. The molecule has 266 valence electrons. The van der Waals surface area contributed by atoms with Crippen LogP contribution >= 0.6 is 0 Å². The van der Waals surface area contributed by atoms with Gasteiger partial charge in [-0.2, -0.15) is 0 Å². The van der Waals surface area contributed by atoms with Gasteiger partial charge in [-0.15, -0.1) is 0 Å². The Labute approximate surface area is 293 Å². The fourth-order valence-corrected chi connectivity index (χ4v) is 6.11. The summed E-state index contributed by atoms with van der Waals surface area (Å²) in [4.78, 5) is 0. The monoisotopic (exact) mass is 686 g/mol. The van der Waals surface area contributed by atoms with E-state index in [1.54, 1.807) is 0 Å². The van der Waals surface area contributed by atoms with E-state index in [9.17, 15) is 10.2 Å². The van der Waals surface area contributed by atoms with Gasteiger partial charge >= 0.3 is 0 Å². The Morgan fingerprint density at radius 3 is 1.62 bits per heavy atom. The van der Waals surface area contributed by atoms with Crippen molar-refractivity contribution in [1.29, 1.82) is 0 Å². The minimum absolute atomic E-state index is 0.157. The molecule has 2 N–H and O–H groups in total. The molecule has 0 aromatic heterocycles. The maximum Gasteiger partial charge on any atom is 0.187 e. The second-order valence-electron chi connectivity index (χ2n) is 12.6. The Bertz CT molecular complexity index is 1530.